The molecule has 1 N–H and O–H groups in total. The van der Waals surface area contributed by atoms with E-state index in [0.717, 1.165) is 68.1 Å². The molecule has 206 valence electrons. The highest BCUT2D eigenvalue weighted by Crippen LogP contribution is 2.39. The maximum absolute atomic E-state index is 13.9. The van der Waals surface area contributed by atoms with Crippen molar-refractivity contribution < 1.29 is 19.1 Å². The first-order valence-electron chi connectivity index (χ1n) is 14.2. The summed E-state index contributed by atoms with van der Waals surface area (Å²) in [6, 6.07) is 3.93. The fourth-order valence-electron chi connectivity index (χ4n) is 7.71. The highest BCUT2D eigenvalue weighted by atomic mass is 19.1. The summed E-state index contributed by atoms with van der Waals surface area (Å²) < 4.78 is 15.8. The van der Waals surface area contributed by atoms with Gasteiger partial charge in [-0.05, 0) is 98.6 Å². The molecule has 2 saturated heterocycles. The monoisotopic (exact) mass is 532 g/mol. The number of nitrogens with zero attached hydrogens (tertiary/aromatic N) is 4. The van der Waals surface area contributed by atoms with Gasteiger partial charge in [0.05, 0.1) is 23.0 Å². The van der Waals surface area contributed by atoms with Gasteiger partial charge in [0, 0.05) is 50.9 Å². The Kier molecular flexibility index (Phi) is 6.91. The van der Waals surface area contributed by atoms with Gasteiger partial charge in [0.1, 0.15) is 5.82 Å². The standard InChI is InChI=1S/C31H37FN4O3/c1-19-12-33-13-29-30(19)25(18-36(29)28-4-3-26(32)11-27(28)31(38)39)10-21-5-6-34(14-21)15-22-7-23-9-24(8-22)17-35(16-23)20(2)37/h3-4,11-13,18,21-24H,5-10,14-17H2,1-2H3,(H,38,39)/t21-,22?,23?,24?/m0/s1. The average Bonchev–Trinajstić information content (AvgIpc) is 3.48. The number of aromatic nitrogens is 2. The number of likely N-dealkylation sites (tertiary alicyclic amines) is 2. The number of aryl methyl sites for hydroxylation is 1. The molecule has 1 aliphatic carbocycles. The zero-order valence-corrected chi connectivity index (χ0v) is 22.8. The molecule has 1 amide bonds. The molecular formula is C31H37FN4O3. The van der Waals surface area contributed by atoms with Crippen molar-refractivity contribution in [1.29, 1.82) is 0 Å². The lowest BCUT2D eigenvalue weighted by Crippen LogP contribution is -2.47. The minimum Gasteiger partial charge on any atom is -0.478 e. The minimum atomic E-state index is -1.15. The average molecular weight is 533 g/mol. The van der Waals surface area contributed by atoms with Crippen molar-refractivity contribution in [3.05, 3.63) is 59.3 Å². The molecule has 2 unspecified atom stereocenters. The fraction of sp³-hybridized carbons (Fsp3) is 0.516. The lowest BCUT2D eigenvalue weighted by molar-refractivity contribution is -0.133. The number of carboxylic acid groups (broad SMARTS) is 1. The van der Waals surface area contributed by atoms with Gasteiger partial charge < -0.3 is 19.5 Å². The van der Waals surface area contributed by atoms with E-state index in [1.54, 1.807) is 13.1 Å². The first-order chi connectivity index (χ1) is 18.7. The number of halogens is 1. The highest BCUT2D eigenvalue weighted by Gasteiger charge is 2.37. The van der Waals surface area contributed by atoms with E-state index in [9.17, 15) is 19.1 Å². The SMILES string of the molecule is CC(=O)N1CC2CC(CN3CC[C@@H](Cc4cn(-c5ccc(F)cc5C(=O)O)c5cncc(C)c45)C3)CC(C2)C1. The van der Waals surface area contributed by atoms with E-state index in [0.29, 0.717) is 29.4 Å². The molecule has 0 spiro atoms. The number of hydrogen-bond donors (Lipinski definition) is 1. The van der Waals surface area contributed by atoms with Gasteiger partial charge in [-0.15, -0.1) is 0 Å². The van der Waals surface area contributed by atoms with Crippen LogP contribution in [0.15, 0.2) is 36.8 Å². The third-order valence-electron chi connectivity index (χ3n) is 9.23. The molecule has 1 saturated carbocycles. The molecule has 3 aromatic rings. The molecule has 39 heavy (non-hydrogen) atoms. The quantitative estimate of drug-likeness (QED) is 0.487. The highest BCUT2D eigenvalue weighted by molar-refractivity contribution is 5.94. The normalized spacial score (nSPS) is 25.4. The molecule has 2 bridgehead atoms. The number of aromatic carboxylic acids is 1. The smallest absolute Gasteiger partial charge is 0.337 e. The first kappa shape index (κ1) is 26.0. The van der Waals surface area contributed by atoms with E-state index in [1.165, 1.54) is 37.0 Å². The lowest BCUT2D eigenvalue weighted by atomic mass is 9.72. The molecule has 7 nitrogen and oxygen atoms in total. The summed E-state index contributed by atoms with van der Waals surface area (Å²) in [7, 11) is 0. The summed E-state index contributed by atoms with van der Waals surface area (Å²) in [5.41, 5.74) is 3.49. The largest absolute Gasteiger partial charge is 0.478 e. The number of carbonyl (C=O) groups is 2. The van der Waals surface area contributed by atoms with E-state index in [-0.39, 0.29) is 11.5 Å². The second-order valence-corrected chi connectivity index (χ2v) is 12.2. The van der Waals surface area contributed by atoms with Crippen LogP contribution in [-0.4, -0.2) is 69.1 Å². The molecule has 4 heterocycles. The number of amides is 1. The predicted octanol–water partition coefficient (Wildman–Crippen LogP) is 4.93. The van der Waals surface area contributed by atoms with Gasteiger partial charge in [0.25, 0.3) is 0 Å². The molecule has 1 aromatic carbocycles. The molecular weight excluding hydrogens is 495 g/mol. The molecule has 3 aliphatic rings. The predicted molar refractivity (Wildman–Crippen MR) is 148 cm³/mol. The number of carbonyl (C=O) groups excluding carboxylic acids is 1. The van der Waals surface area contributed by atoms with E-state index >= 15 is 0 Å². The van der Waals surface area contributed by atoms with Gasteiger partial charge in [-0.3, -0.25) is 9.78 Å². The van der Waals surface area contributed by atoms with Gasteiger partial charge in [0.15, 0.2) is 0 Å². The third-order valence-corrected chi connectivity index (χ3v) is 9.23. The fourth-order valence-corrected chi connectivity index (χ4v) is 7.71. The number of hydrogen-bond acceptors (Lipinski definition) is 4. The topological polar surface area (TPSA) is 78.7 Å². The van der Waals surface area contributed by atoms with Crippen molar-refractivity contribution in [1.82, 2.24) is 19.4 Å². The molecule has 2 aliphatic heterocycles. The van der Waals surface area contributed by atoms with E-state index in [2.05, 4.69) is 14.8 Å². The second kappa shape index (κ2) is 10.4. The molecule has 8 heteroatoms. The van der Waals surface area contributed by atoms with Crippen LogP contribution in [0.4, 0.5) is 4.39 Å². The zero-order valence-electron chi connectivity index (χ0n) is 22.8. The van der Waals surface area contributed by atoms with E-state index in [1.807, 2.05) is 23.9 Å². The maximum atomic E-state index is 13.9. The van der Waals surface area contributed by atoms with Crippen molar-refractivity contribution in [2.75, 3.05) is 32.7 Å². The van der Waals surface area contributed by atoms with Gasteiger partial charge in [0.2, 0.25) is 5.91 Å². The number of benzene rings is 1. The third kappa shape index (κ3) is 5.19. The maximum Gasteiger partial charge on any atom is 0.337 e. The van der Waals surface area contributed by atoms with E-state index in [4.69, 9.17) is 0 Å². The van der Waals surface area contributed by atoms with E-state index < -0.39 is 11.8 Å². The number of fused-ring (bicyclic) bond motifs is 3. The molecule has 3 fully saturated rings. The van der Waals surface area contributed by atoms with Gasteiger partial charge in [-0.2, -0.15) is 0 Å². The zero-order chi connectivity index (χ0) is 27.3. The van der Waals surface area contributed by atoms with Crippen molar-refractivity contribution >= 4 is 22.8 Å². The Morgan fingerprint density at radius 3 is 2.56 bits per heavy atom. The Labute approximate surface area is 228 Å². The first-order valence-corrected chi connectivity index (χ1v) is 14.2. The molecule has 0 radical (unpaired) electrons. The Bertz CT molecular complexity index is 1400. The van der Waals surface area contributed by atoms with Gasteiger partial charge in [-0.25, -0.2) is 9.18 Å². The number of pyridine rings is 1. The molecule has 3 atom stereocenters. The minimum absolute atomic E-state index is 0.0596. The Hall–Kier alpha value is -3.26. The summed E-state index contributed by atoms with van der Waals surface area (Å²) in [4.78, 5) is 32.9. The summed E-state index contributed by atoms with van der Waals surface area (Å²) in [5, 5.41) is 10.9. The summed E-state index contributed by atoms with van der Waals surface area (Å²) >= 11 is 0. The van der Waals surface area contributed by atoms with Crippen molar-refractivity contribution in [3.8, 4) is 5.69 Å². The Morgan fingerprint density at radius 1 is 1.08 bits per heavy atom. The molecule has 2 aromatic heterocycles. The van der Waals surface area contributed by atoms with Gasteiger partial charge >= 0.3 is 5.97 Å². The van der Waals surface area contributed by atoms with Crippen molar-refractivity contribution in [3.63, 3.8) is 0 Å². The van der Waals surface area contributed by atoms with Crippen LogP contribution in [0.5, 0.6) is 0 Å². The number of piperidine rings is 1. The Balaban J connectivity index is 1.17. The van der Waals surface area contributed by atoms with Crippen molar-refractivity contribution in [2.24, 2.45) is 23.7 Å². The van der Waals surface area contributed by atoms with Crippen LogP contribution in [-0.2, 0) is 11.2 Å². The summed E-state index contributed by atoms with van der Waals surface area (Å²) in [5.74, 6) is 1.04. The Morgan fingerprint density at radius 2 is 1.85 bits per heavy atom. The number of rotatable bonds is 6. The van der Waals surface area contributed by atoms with Crippen LogP contribution in [0.2, 0.25) is 0 Å². The van der Waals surface area contributed by atoms with Crippen LogP contribution < -0.4 is 0 Å². The van der Waals surface area contributed by atoms with Crippen LogP contribution in [0, 0.1) is 36.4 Å². The van der Waals surface area contributed by atoms with Crippen LogP contribution >= 0.6 is 0 Å². The van der Waals surface area contributed by atoms with Crippen LogP contribution in [0.25, 0.3) is 16.6 Å². The van der Waals surface area contributed by atoms with Crippen LogP contribution in [0.1, 0.15) is 54.1 Å². The van der Waals surface area contributed by atoms with Crippen molar-refractivity contribution in [2.45, 2.75) is 46.0 Å². The second-order valence-electron chi connectivity index (χ2n) is 12.2. The van der Waals surface area contributed by atoms with Crippen LogP contribution in [0.3, 0.4) is 0 Å². The molecule has 6 rings (SSSR count). The number of carboxylic acids is 1. The van der Waals surface area contributed by atoms with Gasteiger partial charge in [-0.1, -0.05) is 0 Å². The lowest BCUT2D eigenvalue weighted by Gasteiger charge is -2.44. The summed E-state index contributed by atoms with van der Waals surface area (Å²) in [6.45, 7) is 8.92. The summed E-state index contributed by atoms with van der Waals surface area (Å²) in [6.07, 6.45) is 11.4.